The number of phenols is 1. The molecule has 0 saturated heterocycles. The highest BCUT2D eigenvalue weighted by Gasteiger charge is 2.33. The van der Waals surface area contributed by atoms with Crippen molar-refractivity contribution in [1.29, 1.82) is 0 Å². The molecular weight excluding hydrogens is 488 g/mol. The van der Waals surface area contributed by atoms with E-state index in [-0.39, 0.29) is 12.2 Å². The molecule has 1 rings (SSSR count). The topological polar surface area (TPSA) is 257 Å². The minimum atomic E-state index is -1.55. The number of carbonyl (C=O) groups excluding carboxylic acids is 5. The molecule has 0 bridgehead atoms. The first-order chi connectivity index (χ1) is 17.2. The van der Waals surface area contributed by atoms with Gasteiger partial charge in [-0.2, -0.15) is 0 Å². The summed E-state index contributed by atoms with van der Waals surface area (Å²) in [6, 6.07) is 0.154. The third-order valence-corrected chi connectivity index (χ3v) is 5.58. The van der Waals surface area contributed by atoms with E-state index in [9.17, 15) is 39.0 Å². The number of primary amides is 2. The molecule has 0 aromatic heterocycles. The molecule has 37 heavy (non-hydrogen) atoms. The lowest BCUT2D eigenvalue weighted by Crippen LogP contribution is -2.59. The molecule has 204 valence electrons. The van der Waals surface area contributed by atoms with Crippen LogP contribution in [-0.2, 0) is 35.2 Å². The van der Waals surface area contributed by atoms with E-state index in [1.54, 1.807) is 13.8 Å². The maximum absolute atomic E-state index is 13.1. The third-order valence-electron chi connectivity index (χ3n) is 5.58. The monoisotopic (exact) mass is 522 g/mol. The van der Waals surface area contributed by atoms with Gasteiger partial charge in [0.05, 0.1) is 18.9 Å². The fourth-order valence-electron chi connectivity index (χ4n) is 3.28. The van der Waals surface area contributed by atoms with Gasteiger partial charge in [0.15, 0.2) is 0 Å². The molecule has 0 spiro atoms. The number of hydrogen-bond donors (Lipinski definition) is 8. The molecule has 14 heteroatoms. The normalized spacial score (nSPS) is 14.8. The summed E-state index contributed by atoms with van der Waals surface area (Å²) in [6.45, 7) is 3.34. The maximum Gasteiger partial charge on any atom is 0.326 e. The Morgan fingerprint density at radius 2 is 1.35 bits per heavy atom. The lowest BCUT2D eigenvalue weighted by Gasteiger charge is -2.26. The van der Waals surface area contributed by atoms with Crippen LogP contribution in [0, 0.1) is 5.92 Å². The summed E-state index contributed by atoms with van der Waals surface area (Å²) in [4.78, 5) is 72.8. The Hall–Kier alpha value is -4.20. The standard InChI is InChI=1S/C23H34N6O8/c1-3-11(2)19(23(36)37)29-22(35)16(10-18(26)32)28-21(34)15(8-12-4-6-13(30)7-5-12)27-20(33)14(24)9-17(25)31/h4-7,11,14-16,19,30H,3,8-10,24H2,1-2H3,(H2,25,31)(H2,26,32)(H,27,33)(H,28,34)(H,29,35)(H,36,37)/t11-,14-,15-,16-,19-/m0/s1. The van der Waals surface area contributed by atoms with Crippen molar-refractivity contribution in [2.75, 3.05) is 0 Å². The van der Waals surface area contributed by atoms with E-state index in [0.717, 1.165) is 0 Å². The van der Waals surface area contributed by atoms with Crippen LogP contribution in [0.25, 0.3) is 0 Å². The summed E-state index contributed by atoms with van der Waals surface area (Å²) >= 11 is 0. The number of nitrogens with two attached hydrogens (primary N) is 3. The van der Waals surface area contributed by atoms with Crippen LogP contribution in [0.5, 0.6) is 5.75 Å². The predicted molar refractivity (Wildman–Crippen MR) is 130 cm³/mol. The summed E-state index contributed by atoms with van der Waals surface area (Å²) in [5, 5.41) is 26.0. The number of rotatable bonds is 15. The van der Waals surface area contributed by atoms with Gasteiger partial charge in [-0.15, -0.1) is 0 Å². The summed E-state index contributed by atoms with van der Waals surface area (Å²) in [5.41, 5.74) is 16.5. The van der Waals surface area contributed by atoms with Crippen LogP contribution >= 0.6 is 0 Å². The fraction of sp³-hybridized carbons (Fsp3) is 0.478. The van der Waals surface area contributed by atoms with Gasteiger partial charge < -0.3 is 43.4 Å². The zero-order chi connectivity index (χ0) is 28.3. The third kappa shape index (κ3) is 10.5. The van der Waals surface area contributed by atoms with Crippen molar-refractivity contribution in [2.24, 2.45) is 23.1 Å². The number of phenolic OH excluding ortho intramolecular Hbond substituents is 1. The zero-order valence-electron chi connectivity index (χ0n) is 20.6. The van der Waals surface area contributed by atoms with E-state index < -0.39 is 78.4 Å². The van der Waals surface area contributed by atoms with E-state index in [4.69, 9.17) is 17.2 Å². The quantitative estimate of drug-likeness (QED) is 0.122. The number of carbonyl (C=O) groups is 6. The summed E-state index contributed by atoms with van der Waals surface area (Å²) < 4.78 is 0. The Morgan fingerprint density at radius 3 is 1.84 bits per heavy atom. The number of aliphatic carboxylic acids is 1. The Balaban J connectivity index is 3.18. The summed E-state index contributed by atoms with van der Waals surface area (Å²) in [7, 11) is 0. The lowest BCUT2D eigenvalue weighted by atomic mass is 9.98. The van der Waals surface area contributed by atoms with Gasteiger partial charge in [0.1, 0.15) is 23.9 Å². The minimum absolute atomic E-state index is 0.0373. The van der Waals surface area contributed by atoms with Gasteiger partial charge in [-0.1, -0.05) is 32.4 Å². The molecule has 14 nitrogen and oxygen atoms in total. The molecule has 1 aromatic rings. The SMILES string of the molecule is CC[C@H](C)[C@H](NC(=O)[C@H](CC(N)=O)NC(=O)[C@H](Cc1ccc(O)cc1)NC(=O)[C@@H](N)CC(N)=O)C(=O)O. The molecule has 0 heterocycles. The van der Waals surface area contributed by atoms with Gasteiger partial charge in [-0.05, 0) is 23.6 Å². The first-order valence-corrected chi connectivity index (χ1v) is 11.5. The van der Waals surface area contributed by atoms with Crippen molar-refractivity contribution in [3.63, 3.8) is 0 Å². The Kier molecular flexibility index (Phi) is 12.0. The zero-order valence-corrected chi connectivity index (χ0v) is 20.6. The van der Waals surface area contributed by atoms with Gasteiger partial charge in [-0.3, -0.25) is 24.0 Å². The lowest BCUT2D eigenvalue weighted by molar-refractivity contribution is -0.144. The summed E-state index contributed by atoms with van der Waals surface area (Å²) in [6.07, 6.45) is -0.836. The van der Waals surface area contributed by atoms with Crippen LogP contribution in [0.15, 0.2) is 24.3 Å². The Labute approximate surface area is 213 Å². The molecule has 0 saturated carbocycles. The second kappa shape index (κ2) is 14.4. The van der Waals surface area contributed by atoms with Crippen LogP contribution in [0.4, 0.5) is 0 Å². The summed E-state index contributed by atoms with van der Waals surface area (Å²) in [5.74, 6) is -6.33. The van der Waals surface area contributed by atoms with Crippen LogP contribution in [0.3, 0.4) is 0 Å². The van der Waals surface area contributed by atoms with Crippen molar-refractivity contribution < 1.29 is 39.0 Å². The van der Waals surface area contributed by atoms with Crippen LogP contribution in [0.2, 0.25) is 0 Å². The van der Waals surface area contributed by atoms with Gasteiger partial charge in [-0.25, -0.2) is 4.79 Å². The maximum atomic E-state index is 13.1. The molecule has 0 unspecified atom stereocenters. The first-order valence-electron chi connectivity index (χ1n) is 11.5. The van der Waals surface area contributed by atoms with Crippen molar-refractivity contribution in [1.82, 2.24) is 16.0 Å². The van der Waals surface area contributed by atoms with Crippen molar-refractivity contribution >= 4 is 35.5 Å². The van der Waals surface area contributed by atoms with E-state index in [0.29, 0.717) is 12.0 Å². The average Bonchev–Trinajstić information content (AvgIpc) is 2.81. The molecular formula is C23H34N6O8. The predicted octanol–water partition coefficient (Wildman–Crippen LogP) is -2.40. The molecule has 0 radical (unpaired) electrons. The minimum Gasteiger partial charge on any atom is -0.508 e. The van der Waals surface area contributed by atoms with Crippen LogP contribution in [-0.4, -0.2) is 69.9 Å². The second-order valence-corrected chi connectivity index (χ2v) is 8.65. The molecule has 11 N–H and O–H groups in total. The highest BCUT2D eigenvalue weighted by molar-refractivity contribution is 5.96. The van der Waals surface area contributed by atoms with Gasteiger partial charge in [0.25, 0.3) is 0 Å². The fourth-order valence-corrected chi connectivity index (χ4v) is 3.28. The van der Waals surface area contributed by atoms with Crippen LogP contribution in [0.1, 0.15) is 38.7 Å². The van der Waals surface area contributed by atoms with Crippen molar-refractivity contribution in [3.05, 3.63) is 29.8 Å². The average molecular weight is 523 g/mol. The number of carboxylic acid groups (broad SMARTS) is 1. The van der Waals surface area contributed by atoms with Crippen molar-refractivity contribution in [2.45, 2.75) is 63.7 Å². The molecule has 5 amide bonds. The molecule has 0 aliphatic carbocycles. The molecule has 0 fully saturated rings. The highest BCUT2D eigenvalue weighted by atomic mass is 16.4. The molecule has 1 aromatic carbocycles. The Bertz CT molecular complexity index is 999. The number of carboxylic acids is 1. The van der Waals surface area contributed by atoms with E-state index in [1.807, 2.05) is 0 Å². The first kappa shape index (κ1) is 30.8. The number of benzene rings is 1. The van der Waals surface area contributed by atoms with Crippen molar-refractivity contribution in [3.8, 4) is 5.75 Å². The molecule has 5 atom stereocenters. The molecule has 0 aliphatic heterocycles. The second-order valence-electron chi connectivity index (χ2n) is 8.65. The van der Waals surface area contributed by atoms with E-state index in [1.165, 1.54) is 24.3 Å². The van der Waals surface area contributed by atoms with Gasteiger partial charge in [0, 0.05) is 6.42 Å². The van der Waals surface area contributed by atoms with Gasteiger partial charge in [0.2, 0.25) is 29.5 Å². The smallest absolute Gasteiger partial charge is 0.326 e. The van der Waals surface area contributed by atoms with E-state index in [2.05, 4.69) is 16.0 Å². The van der Waals surface area contributed by atoms with Crippen LogP contribution < -0.4 is 33.2 Å². The number of aromatic hydroxyl groups is 1. The Morgan fingerprint density at radius 1 is 0.838 bits per heavy atom. The van der Waals surface area contributed by atoms with Gasteiger partial charge >= 0.3 is 5.97 Å². The van der Waals surface area contributed by atoms with E-state index >= 15 is 0 Å². The highest BCUT2D eigenvalue weighted by Crippen LogP contribution is 2.12. The molecule has 0 aliphatic rings. The largest absolute Gasteiger partial charge is 0.508 e. The number of nitrogens with one attached hydrogen (secondary N) is 3. The number of amides is 5. The number of hydrogen-bond acceptors (Lipinski definition) is 8.